The van der Waals surface area contributed by atoms with Crippen LogP contribution in [0.1, 0.15) is 0 Å². The number of aromatic nitrogens is 3. The minimum absolute atomic E-state index is 0.624. The first-order valence-corrected chi connectivity index (χ1v) is 21.8. The maximum atomic E-state index is 5.23. The van der Waals surface area contributed by atoms with E-state index in [0.717, 1.165) is 44.5 Å². The van der Waals surface area contributed by atoms with E-state index in [1.807, 2.05) is 24.3 Å². The van der Waals surface area contributed by atoms with Crippen LogP contribution in [0.2, 0.25) is 0 Å². The van der Waals surface area contributed by atoms with E-state index in [4.69, 9.17) is 15.0 Å². The molecule has 0 fully saturated rings. The van der Waals surface area contributed by atoms with Crippen molar-refractivity contribution in [3.05, 3.63) is 224 Å². The molecule has 1 aromatic heterocycles. The summed E-state index contributed by atoms with van der Waals surface area (Å²) >= 11 is 0. The smallest absolute Gasteiger partial charge is 0.164 e. The molecule has 0 aliphatic heterocycles. The second kappa shape index (κ2) is 14.5. The van der Waals surface area contributed by atoms with Gasteiger partial charge in [0, 0.05) is 16.7 Å². The summed E-state index contributed by atoms with van der Waals surface area (Å²) in [6.07, 6.45) is 0. The Balaban J connectivity index is 1.02. The first-order valence-electron chi connectivity index (χ1n) is 21.8. The minimum Gasteiger partial charge on any atom is -0.208 e. The quantitative estimate of drug-likeness (QED) is 0.157. The van der Waals surface area contributed by atoms with Gasteiger partial charge in [-0.1, -0.05) is 206 Å². The molecule has 64 heavy (non-hydrogen) atoms. The predicted molar refractivity (Wildman–Crippen MR) is 269 cm³/mol. The van der Waals surface area contributed by atoms with E-state index >= 15 is 0 Å². The van der Waals surface area contributed by atoms with Gasteiger partial charge in [-0.25, -0.2) is 15.0 Å². The van der Waals surface area contributed by atoms with E-state index in [2.05, 4.69) is 200 Å². The Morgan fingerprint density at radius 1 is 0.203 bits per heavy atom. The van der Waals surface area contributed by atoms with Crippen LogP contribution in [0.25, 0.3) is 132 Å². The summed E-state index contributed by atoms with van der Waals surface area (Å²) in [4.78, 5) is 15.5. The third-order valence-corrected chi connectivity index (χ3v) is 13.0. The molecule has 13 aromatic rings. The number of rotatable bonds is 6. The molecule has 0 radical (unpaired) electrons. The first kappa shape index (κ1) is 36.2. The lowest BCUT2D eigenvalue weighted by atomic mass is 9.85. The number of hydrogen-bond acceptors (Lipinski definition) is 3. The molecule has 0 unspecified atom stereocenters. The highest BCUT2D eigenvalue weighted by Gasteiger charge is 2.19. The third kappa shape index (κ3) is 5.79. The van der Waals surface area contributed by atoms with E-state index in [1.165, 1.54) is 70.2 Å². The lowest BCUT2D eigenvalue weighted by molar-refractivity contribution is 1.07. The molecule has 0 aliphatic carbocycles. The maximum absolute atomic E-state index is 5.23. The van der Waals surface area contributed by atoms with Crippen LogP contribution in [0.3, 0.4) is 0 Å². The van der Waals surface area contributed by atoms with Crippen molar-refractivity contribution in [2.45, 2.75) is 0 Å². The standard InChI is InChI=1S/C61H37N3/c1-3-15-38(16-4-1)47-24-9-10-27-53(47)61-63-59(42-17-5-2-6-18-42)62-60(64-61)45-23-11-22-43(35-45)48-25-7-8-26-49(48)46-36-44-34-33-41-20-13-29-51-50-28-12-19-39-31-32-40-21-14-30-52(57(40)55(39)50)54(37-46)58(44)56(41)51/h1-37H. The highest BCUT2D eigenvalue weighted by Crippen LogP contribution is 2.45. The Morgan fingerprint density at radius 2 is 0.609 bits per heavy atom. The lowest BCUT2D eigenvalue weighted by Crippen LogP contribution is -2.01. The molecule has 0 saturated heterocycles. The lowest BCUT2D eigenvalue weighted by Gasteiger charge is -2.18. The first-order chi connectivity index (χ1) is 31.7. The normalized spacial score (nSPS) is 11.8. The Labute approximate surface area is 370 Å². The SMILES string of the molecule is c1ccc(-c2nc(-c3cccc(-c4ccccc4-c4cc5ccc6cccc7c8cccc9ccc%10cccc(c(c4)c5c67)c%10c98)c3)nc(-c3ccccc3-c3ccccc3)n2)cc1. The molecule has 12 aromatic carbocycles. The van der Waals surface area contributed by atoms with Crippen molar-refractivity contribution in [1.82, 2.24) is 15.0 Å². The van der Waals surface area contributed by atoms with Crippen molar-refractivity contribution in [3.8, 4) is 67.5 Å². The molecule has 0 bridgehead atoms. The minimum atomic E-state index is 0.624. The van der Waals surface area contributed by atoms with Gasteiger partial charge in [-0.15, -0.1) is 0 Å². The van der Waals surface area contributed by atoms with E-state index in [9.17, 15) is 0 Å². The van der Waals surface area contributed by atoms with Crippen molar-refractivity contribution in [3.63, 3.8) is 0 Å². The maximum Gasteiger partial charge on any atom is 0.164 e. The zero-order chi connectivity index (χ0) is 42.1. The van der Waals surface area contributed by atoms with Gasteiger partial charge in [0.25, 0.3) is 0 Å². The molecule has 0 spiro atoms. The van der Waals surface area contributed by atoms with E-state index < -0.39 is 0 Å². The Morgan fingerprint density at radius 3 is 1.22 bits per heavy atom. The molecule has 0 N–H and O–H groups in total. The number of benzene rings is 11. The van der Waals surface area contributed by atoms with Gasteiger partial charge in [-0.05, 0) is 116 Å². The van der Waals surface area contributed by atoms with Gasteiger partial charge >= 0.3 is 0 Å². The largest absolute Gasteiger partial charge is 0.208 e. The fraction of sp³-hybridized carbons (Fsp3) is 0. The summed E-state index contributed by atoms with van der Waals surface area (Å²) in [7, 11) is 0. The average Bonchev–Trinajstić information content (AvgIpc) is 3.37. The van der Waals surface area contributed by atoms with Gasteiger partial charge in [-0.2, -0.15) is 0 Å². The molecule has 0 saturated carbocycles. The van der Waals surface area contributed by atoms with E-state index in [1.54, 1.807) is 0 Å². The number of fused-ring (bicyclic) bond motifs is 2. The van der Waals surface area contributed by atoms with Crippen molar-refractivity contribution in [2.75, 3.05) is 0 Å². The van der Waals surface area contributed by atoms with E-state index in [-0.39, 0.29) is 0 Å². The van der Waals surface area contributed by atoms with Crippen molar-refractivity contribution in [2.24, 2.45) is 0 Å². The van der Waals surface area contributed by atoms with Crippen LogP contribution < -0.4 is 0 Å². The highest BCUT2D eigenvalue weighted by molar-refractivity contribution is 6.37. The molecule has 296 valence electrons. The molecule has 13 rings (SSSR count). The second-order valence-corrected chi connectivity index (χ2v) is 16.7. The molecule has 3 heteroatoms. The average molecular weight is 812 g/mol. The summed E-state index contributed by atoms with van der Waals surface area (Å²) in [5.41, 5.74) is 9.56. The van der Waals surface area contributed by atoms with Gasteiger partial charge in [-0.3, -0.25) is 0 Å². The Hall–Kier alpha value is -8.53. The molecule has 0 amide bonds. The van der Waals surface area contributed by atoms with Gasteiger partial charge in [0.15, 0.2) is 17.5 Å². The van der Waals surface area contributed by atoms with Crippen LogP contribution in [-0.4, -0.2) is 15.0 Å². The summed E-state index contributed by atoms with van der Waals surface area (Å²) in [5.74, 6) is 1.89. The fourth-order valence-corrected chi connectivity index (χ4v) is 10.1. The van der Waals surface area contributed by atoms with Gasteiger partial charge < -0.3 is 0 Å². The van der Waals surface area contributed by atoms with Gasteiger partial charge in [0.2, 0.25) is 0 Å². The summed E-state index contributed by atoms with van der Waals surface area (Å²) in [5, 5.41) is 15.3. The monoisotopic (exact) mass is 811 g/mol. The number of hydrogen-bond donors (Lipinski definition) is 0. The summed E-state index contributed by atoms with van der Waals surface area (Å²) < 4.78 is 0. The molecule has 0 aliphatic rings. The van der Waals surface area contributed by atoms with Crippen LogP contribution in [0, 0.1) is 0 Å². The molecule has 1 heterocycles. The predicted octanol–water partition coefficient (Wildman–Crippen LogP) is 16.2. The van der Waals surface area contributed by atoms with Crippen LogP contribution in [0.5, 0.6) is 0 Å². The Kier molecular flexibility index (Phi) is 8.22. The molecule has 0 atom stereocenters. The molecular weight excluding hydrogens is 775 g/mol. The Bertz CT molecular complexity index is 3940. The van der Waals surface area contributed by atoms with Crippen molar-refractivity contribution >= 4 is 64.6 Å². The van der Waals surface area contributed by atoms with Crippen molar-refractivity contribution in [1.29, 1.82) is 0 Å². The van der Waals surface area contributed by atoms with Crippen LogP contribution in [-0.2, 0) is 0 Å². The fourth-order valence-electron chi connectivity index (χ4n) is 10.1. The summed E-state index contributed by atoms with van der Waals surface area (Å²) in [6.45, 7) is 0. The van der Waals surface area contributed by atoms with Gasteiger partial charge in [0.05, 0.1) is 0 Å². The van der Waals surface area contributed by atoms with Crippen LogP contribution in [0.15, 0.2) is 224 Å². The zero-order valence-corrected chi connectivity index (χ0v) is 34.7. The highest BCUT2D eigenvalue weighted by atomic mass is 15.0. The molecular formula is C61H37N3. The van der Waals surface area contributed by atoms with E-state index in [0.29, 0.717) is 17.5 Å². The summed E-state index contributed by atoms with van der Waals surface area (Å²) in [6, 6.07) is 80.8. The second-order valence-electron chi connectivity index (χ2n) is 16.7. The number of nitrogens with zero attached hydrogens (tertiary/aromatic N) is 3. The van der Waals surface area contributed by atoms with Crippen LogP contribution >= 0.6 is 0 Å². The zero-order valence-electron chi connectivity index (χ0n) is 34.7. The topological polar surface area (TPSA) is 38.7 Å². The third-order valence-electron chi connectivity index (χ3n) is 13.0. The van der Waals surface area contributed by atoms with Gasteiger partial charge in [0.1, 0.15) is 0 Å². The van der Waals surface area contributed by atoms with Crippen molar-refractivity contribution < 1.29 is 0 Å². The molecule has 3 nitrogen and oxygen atoms in total. The van der Waals surface area contributed by atoms with Crippen LogP contribution in [0.4, 0.5) is 0 Å².